The van der Waals surface area contributed by atoms with Crippen molar-refractivity contribution in [1.82, 2.24) is 0 Å². The number of ether oxygens (including phenoxy) is 1. The summed E-state index contributed by atoms with van der Waals surface area (Å²) in [6.07, 6.45) is -1.45. The molecular weight excluding hydrogens is 536 g/mol. The Kier molecular flexibility index (Phi) is 9.85. The Morgan fingerprint density at radius 3 is 2.23 bits per heavy atom. The molecule has 0 aromatic rings. The zero-order valence-electron chi connectivity index (χ0n) is 23.9. The summed E-state index contributed by atoms with van der Waals surface area (Å²) in [6, 6.07) is 0. The number of fused-ring (bicyclic) bond motifs is 3. The van der Waals surface area contributed by atoms with Crippen LogP contribution < -0.4 is 0 Å². The van der Waals surface area contributed by atoms with Gasteiger partial charge in [-0.2, -0.15) is 11.8 Å². The third-order valence-corrected chi connectivity index (χ3v) is 13.0. The van der Waals surface area contributed by atoms with Crippen molar-refractivity contribution in [1.29, 1.82) is 0 Å². The molecule has 0 aromatic carbocycles. The average Bonchev–Trinajstić information content (AvgIpc) is 3.41. The Balaban J connectivity index is 1.59. The van der Waals surface area contributed by atoms with Crippen molar-refractivity contribution in [2.75, 3.05) is 5.75 Å². The van der Waals surface area contributed by atoms with E-state index in [1.807, 2.05) is 18.7 Å². The predicted molar refractivity (Wildman–Crippen MR) is 150 cm³/mol. The molecule has 16 atom stereocenters. The summed E-state index contributed by atoms with van der Waals surface area (Å²) in [5, 5.41) is 91.6. The van der Waals surface area contributed by atoms with Gasteiger partial charge in [0.15, 0.2) is 6.29 Å². The van der Waals surface area contributed by atoms with Gasteiger partial charge in [-0.05, 0) is 69.0 Å². The molecule has 5 saturated carbocycles. The minimum Gasteiger partial charge on any atom is -0.393 e. The molecule has 0 amide bonds. The number of hydrogen-bond acceptors (Lipinski definition) is 10. The van der Waals surface area contributed by atoms with Gasteiger partial charge in [-0.25, -0.2) is 0 Å². The van der Waals surface area contributed by atoms with E-state index in [-0.39, 0.29) is 18.3 Å². The van der Waals surface area contributed by atoms with Crippen molar-refractivity contribution >= 4 is 11.8 Å². The standard InChI is InChI=1S/C30H52O9S/c1-3-7-21(34)39-27-18-12-20(33)22(14(2)31)28(36)30(18,38)29(37)25-24(27)17(13-40-15-8-4-5-9-15)16-10-6-11-19(32)23(16)26(25)35/h14-29,31-38H,3-13H2,1-2H3/t14?,16?,17-,18+,19?,20?,21?,22?,23?,24+,25?,26?,27+,28?,29?,30+/m0/s1. The molecule has 0 heterocycles. The SMILES string of the molecule is CCCC(O)O[C@H]1[C@H]2C(C(O)C3C(O)CCCC3[C@@H]2CSC2CCCC2)C(O)[C@]2(O)C(O)C(C(C)O)C(O)C[C@H]12. The first-order chi connectivity index (χ1) is 19.0. The third-order valence-electron chi connectivity index (χ3n) is 11.5. The maximum absolute atomic E-state index is 12.2. The summed E-state index contributed by atoms with van der Waals surface area (Å²) in [5.74, 6) is -3.17. The molecule has 0 bridgehead atoms. The van der Waals surface area contributed by atoms with E-state index >= 15 is 0 Å². The topological polar surface area (TPSA) is 171 Å². The molecule has 8 N–H and O–H groups in total. The summed E-state index contributed by atoms with van der Waals surface area (Å²) in [5.41, 5.74) is -2.19. The zero-order chi connectivity index (χ0) is 28.9. The average molecular weight is 589 g/mol. The molecule has 232 valence electrons. The van der Waals surface area contributed by atoms with Crippen LogP contribution in [-0.4, -0.2) is 106 Å². The van der Waals surface area contributed by atoms with Gasteiger partial charge in [-0.1, -0.05) is 32.6 Å². The van der Waals surface area contributed by atoms with E-state index < -0.39 is 84.2 Å². The quantitative estimate of drug-likeness (QED) is 0.191. The predicted octanol–water partition coefficient (Wildman–Crippen LogP) is 1.01. The summed E-state index contributed by atoms with van der Waals surface area (Å²) >= 11 is 1.91. The minimum atomic E-state index is -2.19. The maximum atomic E-state index is 12.2. The van der Waals surface area contributed by atoms with E-state index in [9.17, 15) is 40.9 Å². The molecular formula is C30H52O9S. The molecule has 40 heavy (non-hydrogen) atoms. The summed E-state index contributed by atoms with van der Waals surface area (Å²) in [7, 11) is 0. The zero-order valence-corrected chi connectivity index (χ0v) is 24.7. The van der Waals surface area contributed by atoms with Gasteiger partial charge in [-0.3, -0.25) is 0 Å². The molecule has 0 radical (unpaired) electrons. The highest BCUT2D eigenvalue weighted by molar-refractivity contribution is 7.99. The lowest BCUT2D eigenvalue weighted by atomic mass is 9.45. The molecule has 5 rings (SSSR count). The van der Waals surface area contributed by atoms with Crippen LogP contribution in [0.3, 0.4) is 0 Å². The Hall–Kier alpha value is -0.0100. The molecule has 11 unspecified atom stereocenters. The molecule has 0 saturated heterocycles. The highest BCUT2D eigenvalue weighted by Crippen LogP contribution is 2.61. The van der Waals surface area contributed by atoms with Crippen LogP contribution in [0.1, 0.15) is 78.1 Å². The monoisotopic (exact) mass is 588 g/mol. The lowest BCUT2D eigenvalue weighted by Crippen LogP contribution is -2.78. The number of hydrogen-bond donors (Lipinski definition) is 8. The highest BCUT2D eigenvalue weighted by atomic mass is 32.2. The van der Waals surface area contributed by atoms with Gasteiger partial charge in [0.2, 0.25) is 0 Å². The minimum absolute atomic E-state index is 0.00892. The van der Waals surface area contributed by atoms with Crippen molar-refractivity contribution in [2.45, 2.75) is 138 Å². The maximum Gasteiger partial charge on any atom is 0.154 e. The van der Waals surface area contributed by atoms with Crippen molar-refractivity contribution in [2.24, 2.45) is 41.4 Å². The van der Waals surface area contributed by atoms with Gasteiger partial charge >= 0.3 is 0 Å². The largest absolute Gasteiger partial charge is 0.393 e. The molecule has 0 spiro atoms. The van der Waals surface area contributed by atoms with Gasteiger partial charge < -0.3 is 45.6 Å². The number of rotatable bonds is 8. The summed E-state index contributed by atoms with van der Waals surface area (Å²) in [4.78, 5) is 0. The van der Waals surface area contributed by atoms with Crippen molar-refractivity contribution in [3.05, 3.63) is 0 Å². The first kappa shape index (κ1) is 31.4. The number of aliphatic hydroxyl groups is 8. The Morgan fingerprint density at radius 2 is 1.57 bits per heavy atom. The van der Waals surface area contributed by atoms with Crippen LogP contribution in [0.2, 0.25) is 0 Å². The lowest BCUT2D eigenvalue weighted by Gasteiger charge is -2.66. The van der Waals surface area contributed by atoms with E-state index in [0.717, 1.165) is 31.4 Å². The molecule has 5 aliphatic rings. The second kappa shape index (κ2) is 12.5. The van der Waals surface area contributed by atoms with Gasteiger partial charge in [0.25, 0.3) is 0 Å². The van der Waals surface area contributed by atoms with Crippen LogP contribution in [0.4, 0.5) is 0 Å². The van der Waals surface area contributed by atoms with E-state index in [4.69, 9.17) is 4.74 Å². The van der Waals surface area contributed by atoms with E-state index in [2.05, 4.69) is 0 Å². The summed E-state index contributed by atoms with van der Waals surface area (Å²) < 4.78 is 6.35. The van der Waals surface area contributed by atoms with Crippen LogP contribution in [0.15, 0.2) is 0 Å². The molecule has 5 fully saturated rings. The van der Waals surface area contributed by atoms with E-state index in [1.54, 1.807) is 0 Å². The molecule has 0 aromatic heterocycles. The fourth-order valence-electron chi connectivity index (χ4n) is 9.64. The van der Waals surface area contributed by atoms with Crippen molar-refractivity contribution < 1.29 is 45.6 Å². The molecule has 0 aliphatic heterocycles. The third kappa shape index (κ3) is 5.30. The fraction of sp³-hybridized carbons (Fsp3) is 1.00. The second-order valence-corrected chi connectivity index (χ2v) is 15.0. The Morgan fingerprint density at radius 1 is 0.875 bits per heavy atom. The van der Waals surface area contributed by atoms with E-state index in [1.165, 1.54) is 19.8 Å². The number of aliphatic hydroxyl groups excluding tert-OH is 7. The van der Waals surface area contributed by atoms with Crippen LogP contribution in [-0.2, 0) is 4.74 Å². The Labute approximate surface area is 242 Å². The second-order valence-electron chi connectivity index (χ2n) is 13.6. The van der Waals surface area contributed by atoms with Gasteiger partial charge in [0.1, 0.15) is 5.60 Å². The molecule has 10 heteroatoms. The van der Waals surface area contributed by atoms with Crippen LogP contribution in [0.25, 0.3) is 0 Å². The van der Waals surface area contributed by atoms with Crippen molar-refractivity contribution in [3.63, 3.8) is 0 Å². The number of thioether (sulfide) groups is 1. The van der Waals surface area contributed by atoms with Gasteiger partial charge in [0, 0.05) is 28.9 Å². The van der Waals surface area contributed by atoms with Gasteiger partial charge in [-0.15, -0.1) is 0 Å². The van der Waals surface area contributed by atoms with Crippen molar-refractivity contribution in [3.8, 4) is 0 Å². The summed E-state index contributed by atoms with van der Waals surface area (Å²) in [6.45, 7) is 3.36. The normalized spacial score (nSPS) is 51.0. The van der Waals surface area contributed by atoms with Gasteiger partial charge in [0.05, 0.1) is 42.7 Å². The smallest absolute Gasteiger partial charge is 0.154 e. The first-order valence-electron chi connectivity index (χ1n) is 15.8. The molecule has 9 nitrogen and oxygen atoms in total. The molecule has 5 aliphatic carbocycles. The van der Waals surface area contributed by atoms with E-state index in [0.29, 0.717) is 24.5 Å². The highest BCUT2D eigenvalue weighted by Gasteiger charge is 2.71. The van der Waals surface area contributed by atoms with Crippen LogP contribution in [0, 0.1) is 41.4 Å². The van der Waals surface area contributed by atoms with Crippen LogP contribution >= 0.6 is 11.8 Å². The van der Waals surface area contributed by atoms with Crippen LogP contribution in [0.5, 0.6) is 0 Å². The Bertz CT molecular complexity index is 842. The first-order valence-corrected chi connectivity index (χ1v) is 16.8. The lowest BCUT2D eigenvalue weighted by molar-refractivity contribution is -0.340. The fourth-order valence-corrected chi connectivity index (χ4v) is 11.3.